The van der Waals surface area contributed by atoms with Crippen LogP contribution in [0.4, 0.5) is 0 Å². The smallest absolute Gasteiger partial charge is 0.258 e. The van der Waals surface area contributed by atoms with Crippen molar-refractivity contribution in [3.63, 3.8) is 0 Å². The normalized spacial score (nSPS) is 14.0. The summed E-state index contributed by atoms with van der Waals surface area (Å²) in [5.74, 6) is -7.67. The van der Waals surface area contributed by atoms with Gasteiger partial charge >= 0.3 is 0 Å². The number of likely N-dealkylation sites (N-methyl/N-ethyl adjacent to an activating group) is 1. The van der Waals surface area contributed by atoms with Crippen LogP contribution in [-0.2, 0) is 44.8 Å². The zero-order valence-electron chi connectivity index (χ0n) is 31.2. The zero-order valence-corrected chi connectivity index (χ0v) is 31.2. The Morgan fingerprint density at radius 2 is 1.42 bits per heavy atom. The van der Waals surface area contributed by atoms with Crippen LogP contribution in [0.5, 0.6) is 0 Å². The Balaban J connectivity index is 2.78. The number of hydrogen-bond acceptors (Lipinski definition) is 13. The second kappa shape index (κ2) is 24.7. The number of aldehydes is 1. The van der Waals surface area contributed by atoms with Gasteiger partial charge in [0.25, 0.3) is 17.7 Å². The molecule has 0 aliphatic heterocycles. The van der Waals surface area contributed by atoms with Crippen LogP contribution in [0.2, 0.25) is 0 Å². The van der Waals surface area contributed by atoms with Crippen LogP contribution < -0.4 is 49.1 Å². The zero-order chi connectivity index (χ0) is 41.7. The molecule has 1 unspecified atom stereocenters. The van der Waals surface area contributed by atoms with Gasteiger partial charge in [-0.05, 0) is 43.9 Å². The quantitative estimate of drug-likeness (QED) is 0.0252. The van der Waals surface area contributed by atoms with Crippen molar-refractivity contribution < 1.29 is 53.4 Å². The number of nitrogens with two attached hydrogens (primary N) is 3. The number of hydrogen-bond donors (Lipinski definition) is 11. The van der Waals surface area contributed by atoms with Crippen molar-refractivity contribution in [2.24, 2.45) is 17.2 Å². The summed E-state index contributed by atoms with van der Waals surface area (Å²) in [6, 6.07) is 2.39. The topological polar surface area (TPSA) is 348 Å². The molecule has 0 spiro atoms. The second-order valence-corrected chi connectivity index (χ2v) is 12.6. The lowest BCUT2D eigenvalue weighted by molar-refractivity contribution is -0.144. The highest BCUT2D eigenvalue weighted by Gasteiger charge is 2.34. The van der Waals surface area contributed by atoms with E-state index in [1.165, 1.54) is 0 Å². The molecule has 55 heavy (non-hydrogen) atoms. The molecular weight excluding hydrogens is 724 g/mol. The molecule has 1 aromatic rings. The molecule has 6 atom stereocenters. The van der Waals surface area contributed by atoms with Crippen LogP contribution in [0.15, 0.2) is 24.3 Å². The van der Waals surface area contributed by atoms with E-state index in [9.17, 15) is 53.4 Å². The van der Waals surface area contributed by atoms with E-state index in [-0.39, 0.29) is 12.0 Å². The SMILES string of the molecule is CCCCCCc1ccc(C(=O)N[C@H](CCO)C(=O)N[C@H](N)C(=O)NCC(=O)N(C)[C@H](C(=O)N[C@@H](N)C(=O)N[C@@H](CC(N)=O)C(=O)NCC=O)C(C)O)cc1. The summed E-state index contributed by atoms with van der Waals surface area (Å²) >= 11 is 0. The van der Waals surface area contributed by atoms with Crippen molar-refractivity contribution in [3.05, 3.63) is 35.4 Å². The number of aliphatic hydroxyl groups excluding tert-OH is 2. The summed E-state index contributed by atoms with van der Waals surface area (Å²) < 4.78 is 0. The number of aryl methyl sites for hydroxylation is 1. The Morgan fingerprint density at radius 1 is 0.800 bits per heavy atom. The fourth-order valence-corrected chi connectivity index (χ4v) is 5.05. The van der Waals surface area contributed by atoms with Gasteiger partial charge in [-0.25, -0.2) is 0 Å². The van der Waals surface area contributed by atoms with Gasteiger partial charge in [-0.2, -0.15) is 0 Å². The Labute approximate surface area is 318 Å². The van der Waals surface area contributed by atoms with E-state index in [1.807, 2.05) is 12.1 Å². The van der Waals surface area contributed by atoms with Crippen LogP contribution in [0.25, 0.3) is 0 Å². The molecule has 306 valence electrons. The number of carbonyl (C=O) groups excluding carboxylic acids is 9. The molecular formula is C34H54N10O11. The van der Waals surface area contributed by atoms with Gasteiger partial charge in [0.1, 0.15) is 24.4 Å². The first-order valence-corrected chi connectivity index (χ1v) is 17.6. The average Bonchev–Trinajstić information content (AvgIpc) is 3.13. The summed E-state index contributed by atoms with van der Waals surface area (Å²) in [5, 5.41) is 32.9. The highest BCUT2D eigenvalue weighted by atomic mass is 16.3. The standard InChI is InChI=1S/C34H54N10O11/c1-4-5-6-7-8-20-9-11-21(12-10-20)29(50)40-22(13-15-45)31(52)42-27(36)33(54)39-18-25(49)44(3)26(19(2)47)32(53)43-28(37)34(55)41-23(17-24(35)48)30(51)38-14-16-46/h9-12,16,19,22-23,26-28,45,47H,4-8,13-15,17-18,36-37H2,1-3H3,(H2,35,48)(H,38,51)(H,39,54)(H,40,50)(H,41,55)(H,42,52)(H,43,53)/t19?,22-,23+,26+,27+,28-/m1/s1. The maximum Gasteiger partial charge on any atom is 0.258 e. The van der Waals surface area contributed by atoms with Gasteiger partial charge in [-0.3, -0.25) is 38.4 Å². The molecule has 1 rings (SSSR count). The minimum absolute atomic E-state index is 0.205. The van der Waals surface area contributed by atoms with Crippen molar-refractivity contribution in [3.8, 4) is 0 Å². The van der Waals surface area contributed by atoms with Crippen molar-refractivity contribution in [2.75, 3.05) is 26.7 Å². The highest BCUT2D eigenvalue weighted by Crippen LogP contribution is 2.11. The maximum atomic E-state index is 13.0. The molecule has 21 nitrogen and oxygen atoms in total. The average molecular weight is 779 g/mol. The lowest BCUT2D eigenvalue weighted by Crippen LogP contribution is -2.62. The van der Waals surface area contributed by atoms with E-state index in [1.54, 1.807) is 12.1 Å². The van der Waals surface area contributed by atoms with E-state index >= 15 is 0 Å². The molecule has 14 N–H and O–H groups in total. The molecule has 0 radical (unpaired) electrons. The predicted molar refractivity (Wildman–Crippen MR) is 196 cm³/mol. The summed E-state index contributed by atoms with van der Waals surface area (Å²) in [7, 11) is 1.10. The minimum Gasteiger partial charge on any atom is -0.396 e. The summed E-state index contributed by atoms with van der Waals surface area (Å²) in [5.41, 5.74) is 18.0. The van der Waals surface area contributed by atoms with Crippen LogP contribution >= 0.6 is 0 Å². The Morgan fingerprint density at radius 3 is 1.98 bits per heavy atom. The molecule has 0 saturated heterocycles. The van der Waals surface area contributed by atoms with Crippen LogP contribution in [0, 0.1) is 0 Å². The molecule has 1 aromatic carbocycles. The van der Waals surface area contributed by atoms with Gasteiger partial charge in [-0.1, -0.05) is 38.3 Å². The summed E-state index contributed by atoms with van der Waals surface area (Å²) in [4.78, 5) is 112. The number of nitrogens with zero attached hydrogens (tertiary/aromatic N) is 1. The predicted octanol–water partition coefficient (Wildman–Crippen LogP) is -4.91. The number of nitrogens with one attached hydrogen (secondary N) is 6. The lowest BCUT2D eigenvalue weighted by Gasteiger charge is -2.30. The molecule has 0 aliphatic carbocycles. The third-order valence-electron chi connectivity index (χ3n) is 8.08. The molecule has 0 fully saturated rings. The van der Waals surface area contributed by atoms with Gasteiger partial charge in [0.2, 0.25) is 29.5 Å². The number of carbonyl (C=O) groups is 9. The number of unbranched alkanes of at least 4 members (excludes halogenated alkanes) is 3. The van der Waals surface area contributed by atoms with Crippen molar-refractivity contribution in [2.45, 2.75) is 95.4 Å². The molecule has 0 saturated carbocycles. The molecule has 0 bridgehead atoms. The molecule has 21 heteroatoms. The Hall–Kier alpha value is -5.51. The summed E-state index contributed by atoms with van der Waals surface area (Å²) in [6.45, 7) is 1.58. The third-order valence-corrected chi connectivity index (χ3v) is 8.08. The van der Waals surface area contributed by atoms with Gasteiger partial charge < -0.3 is 69.0 Å². The van der Waals surface area contributed by atoms with Gasteiger partial charge in [0.05, 0.1) is 25.6 Å². The van der Waals surface area contributed by atoms with Crippen molar-refractivity contribution in [1.29, 1.82) is 0 Å². The first-order valence-electron chi connectivity index (χ1n) is 17.6. The number of aliphatic hydroxyl groups is 2. The molecule has 0 aliphatic rings. The number of primary amides is 1. The minimum atomic E-state index is -1.86. The number of rotatable bonds is 25. The monoisotopic (exact) mass is 778 g/mol. The molecule has 0 heterocycles. The van der Waals surface area contributed by atoms with E-state index in [0.29, 0.717) is 6.29 Å². The number of amides is 8. The van der Waals surface area contributed by atoms with E-state index in [0.717, 1.165) is 56.5 Å². The summed E-state index contributed by atoms with van der Waals surface area (Å²) in [6.07, 6.45) is -0.406. The van der Waals surface area contributed by atoms with E-state index in [2.05, 4.69) is 38.8 Å². The fourth-order valence-electron chi connectivity index (χ4n) is 5.05. The van der Waals surface area contributed by atoms with Gasteiger partial charge in [-0.15, -0.1) is 0 Å². The number of benzene rings is 1. The molecule has 8 amide bonds. The molecule has 0 aromatic heterocycles. The van der Waals surface area contributed by atoms with Crippen molar-refractivity contribution in [1.82, 2.24) is 36.8 Å². The van der Waals surface area contributed by atoms with Gasteiger partial charge in [0.15, 0.2) is 12.3 Å². The van der Waals surface area contributed by atoms with E-state index in [4.69, 9.17) is 17.2 Å². The highest BCUT2D eigenvalue weighted by molar-refractivity contribution is 5.99. The van der Waals surface area contributed by atoms with Crippen LogP contribution in [0.1, 0.15) is 68.3 Å². The first-order chi connectivity index (χ1) is 26.0. The van der Waals surface area contributed by atoms with Crippen LogP contribution in [-0.4, -0.2) is 132 Å². The van der Waals surface area contributed by atoms with Gasteiger partial charge in [0, 0.05) is 19.2 Å². The Bertz CT molecular complexity index is 1490. The van der Waals surface area contributed by atoms with Crippen LogP contribution in [0.3, 0.4) is 0 Å². The third kappa shape index (κ3) is 17.0. The van der Waals surface area contributed by atoms with E-state index < -0.39 is 110 Å². The first kappa shape index (κ1) is 47.5. The maximum absolute atomic E-state index is 13.0. The lowest BCUT2D eigenvalue weighted by atomic mass is 10.0. The second-order valence-electron chi connectivity index (χ2n) is 12.6. The fraction of sp³-hybridized carbons (Fsp3) is 0.559. The largest absolute Gasteiger partial charge is 0.396 e. The Kier molecular flexibility index (Phi) is 21.4. The van der Waals surface area contributed by atoms with Crippen molar-refractivity contribution >= 4 is 53.5 Å².